The molecule has 6 heteroatoms. The van der Waals surface area contributed by atoms with Crippen molar-refractivity contribution in [2.45, 2.75) is 18.6 Å². The number of benzene rings is 1. The fraction of sp³-hybridized carbons (Fsp3) is 0.267. The number of hydrogen-bond donors (Lipinski definition) is 2. The third-order valence-corrected chi connectivity index (χ3v) is 3.70. The second-order valence-electron chi connectivity index (χ2n) is 5.08. The number of amides is 1. The van der Waals surface area contributed by atoms with Gasteiger partial charge in [-0.1, -0.05) is 12.1 Å². The van der Waals surface area contributed by atoms with Gasteiger partial charge in [0.15, 0.2) is 0 Å². The standard InChI is InChI=1S/C15H14N2O4/c18-9-7-13(15(20)21)17(8-9)14(19)11-3-1-5-12-10(11)4-2-6-16-12/h1-6,9,13,18H,7-8H2,(H,20,21). The molecule has 2 aromatic rings. The van der Waals surface area contributed by atoms with Gasteiger partial charge >= 0.3 is 5.97 Å². The number of aliphatic hydroxyl groups excluding tert-OH is 1. The SMILES string of the molecule is O=C(O)C1CC(O)CN1C(=O)c1cccc2ncccc12. The minimum absolute atomic E-state index is 0.0342. The van der Waals surface area contributed by atoms with E-state index in [1.807, 2.05) is 0 Å². The second-order valence-corrected chi connectivity index (χ2v) is 5.08. The molecule has 0 spiro atoms. The van der Waals surface area contributed by atoms with Gasteiger partial charge in [-0.15, -0.1) is 0 Å². The van der Waals surface area contributed by atoms with E-state index in [0.717, 1.165) is 0 Å². The zero-order valence-electron chi connectivity index (χ0n) is 11.1. The maximum absolute atomic E-state index is 12.6. The number of aromatic nitrogens is 1. The Kier molecular flexibility index (Phi) is 3.31. The Morgan fingerprint density at radius 1 is 1.24 bits per heavy atom. The van der Waals surface area contributed by atoms with Crippen LogP contribution in [0.5, 0.6) is 0 Å². The summed E-state index contributed by atoms with van der Waals surface area (Å²) >= 11 is 0. The van der Waals surface area contributed by atoms with Crippen LogP contribution >= 0.6 is 0 Å². The predicted octanol–water partition coefficient (Wildman–Crippen LogP) is 0.895. The highest BCUT2D eigenvalue weighted by molar-refractivity contribution is 6.07. The number of carbonyl (C=O) groups is 2. The maximum atomic E-state index is 12.6. The number of nitrogens with zero attached hydrogens (tertiary/aromatic N) is 2. The first-order valence-electron chi connectivity index (χ1n) is 6.63. The van der Waals surface area contributed by atoms with Crippen molar-refractivity contribution in [2.24, 2.45) is 0 Å². The average molecular weight is 286 g/mol. The van der Waals surface area contributed by atoms with Crippen LogP contribution in [0.3, 0.4) is 0 Å². The number of carbonyl (C=O) groups excluding carboxylic acids is 1. The molecule has 0 aliphatic carbocycles. The summed E-state index contributed by atoms with van der Waals surface area (Å²) in [4.78, 5) is 29.3. The van der Waals surface area contributed by atoms with Crippen LogP contribution in [0.15, 0.2) is 36.5 Å². The highest BCUT2D eigenvalue weighted by Gasteiger charge is 2.39. The maximum Gasteiger partial charge on any atom is 0.326 e. The first kappa shape index (κ1) is 13.5. The molecule has 1 amide bonds. The van der Waals surface area contributed by atoms with E-state index in [1.165, 1.54) is 4.90 Å². The van der Waals surface area contributed by atoms with E-state index in [1.54, 1.807) is 36.5 Å². The Labute approximate surface area is 120 Å². The van der Waals surface area contributed by atoms with Gasteiger partial charge in [0.1, 0.15) is 6.04 Å². The van der Waals surface area contributed by atoms with Crippen molar-refractivity contribution < 1.29 is 19.8 Å². The molecule has 6 nitrogen and oxygen atoms in total. The van der Waals surface area contributed by atoms with E-state index in [2.05, 4.69) is 4.98 Å². The molecule has 1 fully saturated rings. The second kappa shape index (κ2) is 5.14. The average Bonchev–Trinajstić information content (AvgIpc) is 2.88. The molecular weight excluding hydrogens is 272 g/mol. The van der Waals surface area contributed by atoms with Crippen LogP contribution in [0.2, 0.25) is 0 Å². The highest BCUT2D eigenvalue weighted by Crippen LogP contribution is 2.24. The summed E-state index contributed by atoms with van der Waals surface area (Å²) in [5.41, 5.74) is 1.08. The fourth-order valence-electron chi connectivity index (χ4n) is 2.72. The number of aliphatic carboxylic acids is 1. The van der Waals surface area contributed by atoms with Crippen LogP contribution in [0, 0.1) is 0 Å². The Bertz CT molecular complexity index is 710. The highest BCUT2D eigenvalue weighted by atomic mass is 16.4. The number of β-amino-alcohol motifs (C(OH)–C–C–N with tert-alkyl or cyclic N) is 1. The molecule has 0 bridgehead atoms. The Morgan fingerprint density at radius 2 is 2.05 bits per heavy atom. The van der Waals surface area contributed by atoms with Gasteiger partial charge < -0.3 is 15.1 Å². The molecule has 0 radical (unpaired) electrons. The smallest absolute Gasteiger partial charge is 0.326 e. The van der Waals surface area contributed by atoms with Crippen molar-refractivity contribution in [3.05, 3.63) is 42.1 Å². The normalized spacial score (nSPS) is 21.7. The van der Waals surface area contributed by atoms with Crippen molar-refractivity contribution in [3.8, 4) is 0 Å². The lowest BCUT2D eigenvalue weighted by Gasteiger charge is -2.21. The van der Waals surface area contributed by atoms with Crippen molar-refractivity contribution in [1.82, 2.24) is 9.88 Å². The summed E-state index contributed by atoms with van der Waals surface area (Å²) in [5, 5.41) is 19.5. The van der Waals surface area contributed by atoms with Crippen LogP contribution < -0.4 is 0 Å². The van der Waals surface area contributed by atoms with E-state index in [9.17, 15) is 19.8 Å². The third-order valence-electron chi connectivity index (χ3n) is 3.70. The van der Waals surface area contributed by atoms with Crippen molar-refractivity contribution in [1.29, 1.82) is 0 Å². The molecule has 108 valence electrons. The summed E-state index contributed by atoms with van der Waals surface area (Å²) in [5.74, 6) is -1.49. The number of aliphatic hydroxyl groups is 1. The van der Waals surface area contributed by atoms with Gasteiger partial charge in [0.2, 0.25) is 0 Å². The number of likely N-dealkylation sites (tertiary alicyclic amines) is 1. The van der Waals surface area contributed by atoms with Crippen molar-refractivity contribution >= 4 is 22.8 Å². The number of rotatable bonds is 2. The molecule has 2 N–H and O–H groups in total. The fourth-order valence-corrected chi connectivity index (χ4v) is 2.72. The van der Waals surface area contributed by atoms with E-state index in [-0.39, 0.29) is 13.0 Å². The topological polar surface area (TPSA) is 90.7 Å². The van der Waals surface area contributed by atoms with E-state index in [4.69, 9.17) is 0 Å². The Hall–Kier alpha value is -2.47. The molecule has 1 saturated heterocycles. The number of pyridine rings is 1. The lowest BCUT2D eigenvalue weighted by molar-refractivity contribution is -0.141. The lowest BCUT2D eigenvalue weighted by atomic mass is 10.1. The molecular formula is C15H14N2O4. The van der Waals surface area contributed by atoms with Crippen LogP contribution in [0.25, 0.3) is 10.9 Å². The summed E-state index contributed by atoms with van der Waals surface area (Å²) in [6, 6.07) is 7.67. The first-order valence-corrected chi connectivity index (χ1v) is 6.63. The summed E-state index contributed by atoms with van der Waals surface area (Å²) in [6.45, 7) is 0.0342. The molecule has 1 aliphatic heterocycles. The van der Waals surface area contributed by atoms with Crippen LogP contribution in [-0.2, 0) is 4.79 Å². The van der Waals surface area contributed by atoms with Gasteiger partial charge in [-0.25, -0.2) is 4.79 Å². The summed E-state index contributed by atoms with van der Waals surface area (Å²) in [6.07, 6.45) is 0.892. The molecule has 1 aromatic carbocycles. The number of carboxylic acid groups (broad SMARTS) is 1. The van der Waals surface area contributed by atoms with E-state index >= 15 is 0 Å². The molecule has 1 aromatic heterocycles. The molecule has 2 unspecified atom stereocenters. The lowest BCUT2D eigenvalue weighted by Crippen LogP contribution is -2.40. The monoisotopic (exact) mass is 286 g/mol. The molecule has 3 rings (SSSR count). The molecule has 2 atom stereocenters. The number of hydrogen-bond acceptors (Lipinski definition) is 4. The van der Waals surface area contributed by atoms with Crippen molar-refractivity contribution in [3.63, 3.8) is 0 Å². The number of carboxylic acids is 1. The molecule has 1 aliphatic rings. The van der Waals surface area contributed by atoms with Gasteiger partial charge in [-0.3, -0.25) is 9.78 Å². The third kappa shape index (κ3) is 2.34. The minimum Gasteiger partial charge on any atom is -0.480 e. The molecule has 2 heterocycles. The van der Waals surface area contributed by atoms with Gasteiger partial charge in [-0.05, 0) is 18.2 Å². The quantitative estimate of drug-likeness (QED) is 0.855. The Balaban J connectivity index is 2.02. The number of fused-ring (bicyclic) bond motifs is 1. The van der Waals surface area contributed by atoms with Crippen molar-refractivity contribution in [2.75, 3.05) is 6.54 Å². The Morgan fingerprint density at radius 3 is 2.81 bits per heavy atom. The zero-order chi connectivity index (χ0) is 15.0. The van der Waals surface area contributed by atoms with Gasteiger partial charge in [-0.2, -0.15) is 0 Å². The van der Waals surface area contributed by atoms with Gasteiger partial charge in [0.05, 0.1) is 11.6 Å². The van der Waals surface area contributed by atoms with Crippen LogP contribution in [0.1, 0.15) is 16.8 Å². The van der Waals surface area contributed by atoms with Gasteiger partial charge in [0, 0.05) is 30.1 Å². The predicted molar refractivity (Wildman–Crippen MR) is 74.8 cm³/mol. The summed E-state index contributed by atoms with van der Waals surface area (Å²) < 4.78 is 0. The zero-order valence-corrected chi connectivity index (χ0v) is 11.1. The minimum atomic E-state index is -1.10. The van der Waals surface area contributed by atoms with Gasteiger partial charge in [0.25, 0.3) is 5.91 Å². The van der Waals surface area contributed by atoms with Crippen LogP contribution in [0.4, 0.5) is 0 Å². The van der Waals surface area contributed by atoms with E-state index in [0.29, 0.717) is 16.5 Å². The molecule has 21 heavy (non-hydrogen) atoms. The van der Waals surface area contributed by atoms with E-state index < -0.39 is 24.0 Å². The first-order chi connectivity index (χ1) is 10.1. The summed E-state index contributed by atoms with van der Waals surface area (Å²) in [7, 11) is 0. The largest absolute Gasteiger partial charge is 0.480 e. The molecule has 0 saturated carbocycles. The van der Waals surface area contributed by atoms with Crippen LogP contribution in [-0.4, -0.2) is 50.7 Å².